The van der Waals surface area contributed by atoms with Crippen molar-refractivity contribution in [3.63, 3.8) is 0 Å². The second-order valence-electron chi connectivity index (χ2n) is 10.9. The minimum atomic E-state index is -1.26. The predicted molar refractivity (Wildman–Crippen MR) is 157 cm³/mol. The van der Waals surface area contributed by atoms with Crippen molar-refractivity contribution < 1.29 is 9.59 Å². The van der Waals surface area contributed by atoms with Crippen LogP contribution in [0.5, 0.6) is 0 Å². The standard InChI is InChI=1S/C31H28Cl2N4O2/c1-16-7-10-23(13-18(16)3)36-28(38)30(20(5)34-36)27(25-12-9-22(32)15-26(25)33)31(30)21(6)35-37(29(31)39)24-11-8-17(2)19(4)14-24/h7-15,27H,1-6H3/t27?,30-,31+. The smallest absolute Gasteiger partial charge is 0.261 e. The highest BCUT2D eigenvalue weighted by Crippen LogP contribution is 2.80. The van der Waals surface area contributed by atoms with Crippen molar-refractivity contribution in [1.29, 1.82) is 0 Å². The van der Waals surface area contributed by atoms with Gasteiger partial charge < -0.3 is 0 Å². The summed E-state index contributed by atoms with van der Waals surface area (Å²) in [5, 5.41) is 13.3. The minimum Gasteiger partial charge on any atom is -0.271 e. The molecular weight excluding hydrogens is 531 g/mol. The van der Waals surface area contributed by atoms with Gasteiger partial charge in [-0.25, -0.2) is 0 Å². The first-order chi connectivity index (χ1) is 18.5. The molecule has 8 heteroatoms. The molecular formula is C31H28Cl2N4O2. The average molecular weight is 559 g/mol. The summed E-state index contributed by atoms with van der Waals surface area (Å²) in [5.41, 5.74) is 4.93. The normalized spacial score (nSPS) is 25.7. The van der Waals surface area contributed by atoms with Crippen LogP contribution >= 0.6 is 23.2 Å². The molecule has 1 saturated carbocycles. The number of hydrazone groups is 2. The zero-order valence-corrected chi connectivity index (χ0v) is 24.1. The summed E-state index contributed by atoms with van der Waals surface area (Å²) < 4.78 is 0. The van der Waals surface area contributed by atoms with Crippen LogP contribution in [0.25, 0.3) is 0 Å². The molecule has 39 heavy (non-hydrogen) atoms. The van der Waals surface area contributed by atoms with Crippen LogP contribution in [-0.2, 0) is 9.59 Å². The Morgan fingerprint density at radius 1 is 0.641 bits per heavy atom. The van der Waals surface area contributed by atoms with Crippen LogP contribution in [0.15, 0.2) is 64.8 Å². The molecule has 198 valence electrons. The van der Waals surface area contributed by atoms with E-state index in [4.69, 9.17) is 33.4 Å². The largest absolute Gasteiger partial charge is 0.271 e. The maximum Gasteiger partial charge on any atom is 0.261 e. The van der Waals surface area contributed by atoms with Crippen molar-refractivity contribution in [1.82, 2.24) is 0 Å². The Labute approximate surface area is 237 Å². The molecule has 3 aromatic rings. The summed E-state index contributed by atoms with van der Waals surface area (Å²) in [7, 11) is 0. The number of anilines is 2. The Morgan fingerprint density at radius 3 is 1.51 bits per heavy atom. The molecule has 1 unspecified atom stereocenters. The lowest BCUT2D eigenvalue weighted by molar-refractivity contribution is -0.126. The Hall–Kier alpha value is -3.48. The average Bonchev–Trinajstić information content (AvgIpc) is 3.35. The van der Waals surface area contributed by atoms with E-state index in [0.717, 1.165) is 22.3 Å². The number of benzene rings is 3. The van der Waals surface area contributed by atoms with E-state index in [2.05, 4.69) is 0 Å². The molecule has 0 aromatic heterocycles. The van der Waals surface area contributed by atoms with Crippen molar-refractivity contribution in [2.24, 2.45) is 21.0 Å². The van der Waals surface area contributed by atoms with Gasteiger partial charge in [0.2, 0.25) is 0 Å². The fourth-order valence-electron chi connectivity index (χ4n) is 6.51. The van der Waals surface area contributed by atoms with Gasteiger partial charge in [0.1, 0.15) is 10.8 Å². The first-order valence-corrected chi connectivity index (χ1v) is 13.6. The molecule has 1 aliphatic carbocycles. The Kier molecular flexibility index (Phi) is 5.62. The maximum absolute atomic E-state index is 14.6. The van der Waals surface area contributed by atoms with Crippen LogP contribution in [0.2, 0.25) is 10.0 Å². The van der Waals surface area contributed by atoms with E-state index in [9.17, 15) is 9.59 Å². The Bertz CT molecular complexity index is 1580. The van der Waals surface area contributed by atoms with Gasteiger partial charge in [-0.1, -0.05) is 41.4 Å². The Morgan fingerprint density at radius 2 is 1.10 bits per heavy atom. The fourth-order valence-corrected chi connectivity index (χ4v) is 7.02. The summed E-state index contributed by atoms with van der Waals surface area (Å²) in [6, 6.07) is 16.8. The maximum atomic E-state index is 14.6. The lowest BCUT2D eigenvalue weighted by Gasteiger charge is -2.19. The van der Waals surface area contributed by atoms with Gasteiger partial charge in [0.25, 0.3) is 11.8 Å². The molecule has 2 aliphatic heterocycles. The molecule has 2 heterocycles. The van der Waals surface area contributed by atoms with Crippen molar-refractivity contribution in [3.8, 4) is 0 Å². The van der Waals surface area contributed by atoms with Crippen molar-refractivity contribution in [2.45, 2.75) is 47.5 Å². The molecule has 6 rings (SSSR count). The minimum absolute atomic E-state index is 0.260. The van der Waals surface area contributed by atoms with Crippen molar-refractivity contribution in [3.05, 3.63) is 92.5 Å². The van der Waals surface area contributed by atoms with E-state index in [-0.39, 0.29) is 11.8 Å². The molecule has 2 amide bonds. The van der Waals surface area contributed by atoms with Gasteiger partial charge in [0.15, 0.2) is 0 Å². The van der Waals surface area contributed by atoms with E-state index in [1.807, 2.05) is 84.0 Å². The fraction of sp³-hybridized carbons (Fsp3) is 0.290. The van der Waals surface area contributed by atoms with Crippen molar-refractivity contribution >= 4 is 57.8 Å². The third-order valence-electron chi connectivity index (χ3n) is 8.85. The Balaban J connectivity index is 1.54. The number of amides is 2. The number of hydrogen-bond donors (Lipinski definition) is 0. The quantitative estimate of drug-likeness (QED) is 0.342. The molecule has 0 N–H and O–H groups in total. The van der Waals surface area contributed by atoms with Crippen LogP contribution < -0.4 is 10.0 Å². The lowest BCUT2D eigenvalue weighted by Crippen LogP contribution is -2.40. The molecule has 6 nitrogen and oxygen atoms in total. The van der Waals surface area contributed by atoms with Gasteiger partial charge in [-0.05, 0) is 106 Å². The number of nitrogens with zero attached hydrogens (tertiary/aromatic N) is 4. The van der Waals surface area contributed by atoms with Crippen LogP contribution in [0.3, 0.4) is 0 Å². The first kappa shape index (κ1) is 25.8. The highest BCUT2D eigenvalue weighted by atomic mass is 35.5. The second kappa shape index (κ2) is 8.51. The van der Waals surface area contributed by atoms with Crippen LogP contribution in [0.4, 0.5) is 11.4 Å². The molecule has 3 aromatic carbocycles. The molecule has 0 saturated heterocycles. The summed E-state index contributed by atoms with van der Waals surface area (Å²) in [6.45, 7) is 11.7. The van der Waals surface area contributed by atoms with E-state index < -0.39 is 16.7 Å². The monoisotopic (exact) mass is 558 g/mol. The van der Waals surface area contributed by atoms with Gasteiger partial charge in [0.05, 0.1) is 22.8 Å². The molecule has 2 spiro atoms. The van der Waals surface area contributed by atoms with Gasteiger partial charge in [-0.3, -0.25) is 9.59 Å². The van der Waals surface area contributed by atoms with Gasteiger partial charge in [-0.2, -0.15) is 20.2 Å². The summed E-state index contributed by atoms with van der Waals surface area (Å²) in [6.07, 6.45) is 0. The van der Waals surface area contributed by atoms with Crippen molar-refractivity contribution in [2.75, 3.05) is 10.0 Å². The van der Waals surface area contributed by atoms with E-state index in [0.29, 0.717) is 38.4 Å². The number of carbonyl (C=O) groups excluding carboxylic acids is 2. The number of rotatable bonds is 3. The number of halogens is 2. The SMILES string of the molecule is CC1=NN(c2ccc(C)c(C)c2)C(=O)[C@@]12C(c1ccc(Cl)cc1Cl)[C@]21C(=O)N(c2ccc(C)c(C)c2)N=C1C. The first-order valence-electron chi connectivity index (χ1n) is 12.9. The number of carbonyl (C=O) groups is 2. The van der Waals surface area contributed by atoms with Gasteiger partial charge in [0, 0.05) is 16.0 Å². The topological polar surface area (TPSA) is 65.3 Å². The third-order valence-corrected chi connectivity index (χ3v) is 9.41. The molecule has 3 atom stereocenters. The van der Waals surface area contributed by atoms with Crippen LogP contribution in [0.1, 0.15) is 47.6 Å². The highest BCUT2D eigenvalue weighted by molar-refractivity contribution is 6.39. The number of aryl methyl sites for hydroxylation is 4. The molecule has 0 bridgehead atoms. The summed E-state index contributed by atoms with van der Waals surface area (Å²) >= 11 is 13.0. The van der Waals surface area contributed by atoms with Crippen LogP contribution in [-0.4, -0.2) is 23.2 Å². The zero-order chi connectivity index (χ0) is 28.0. The molecule has 1 fully saturated rings. The van der Waals surface area contributed by atoms with Gasteiger partial charge >= 0.3 is 0 Å². The van der Waals surface area contributed by atoms with Gasteiger partial charge in [-0.15, -0.1) is 0 Å². The predicted octanol–water partition coefficient (Wildman–Crippen LogP) is 7.14. The van der Waals surface area contributed by atoms with E-state index in [1.54, 1.807) is 12.1 Å². The summed E-state index contributed by atoms with van der Waals surface area (Å²) in [5.74, 6) is -1.11. The van der Waals surface area contributed by atoms with E-state index in [1.165, 1.54) is 10.0 Å². The second-order valence-corrected chi connectivity index (χ2v) is 11.7. The number of hydrogen-bond acceptors (Lipinski definition) is 4. The van der Waals surface area contributed by atoms with Crippen LogP contribution in [0, 0.1) is 38.5 Å². The summed E-state index contributed by atoms with van der Waals surface area (Å²) in [4.78, 5) is 29.1. The molecule has 3 aliphatic rings. The molecule has 0 radical (unpaired) electrons. The lowest BCUT2D eigenvalue weighted by atomic mass is 9.85. The van der Waals surface area contributed by atoms with E-state index >= 15 is 0 Å². The number of fused-ring (bicyclic) bond motifs is 1. The zero-order valence-electron chi connectivity index (χ0n) is 22.6. The third kappa shape index (κ3) is 3.22. The highest BCUT2D eigenvalue weighted by Gasteiger charge is 2.91.